The summed E-state index contributed by atoms with van der Waals surface area (Å²) in [4.78, 5) is 12.7. The average molecular weight is 221 g/mol. The van der Waals surface area contributed by atoms with Gasteiger partial charge in [0.05, 0.1) is 0 Å². The number of hydrogen-bond acceptors (Lipinski definition) is 2. The first-order valence-electron chi connectivity index (χ1n) is 5.57. The zero-order chi connectivity index (χ0) is 11.7. The number of rotatable bonds is 4. The van der Waals surface area contributed by atoms with Gasteiger partial charge in [0.15, 0.2) is 0 Å². The Morgan fingerprint density at radius 2 is 2.19 bits per heavy atom. The summed E-state index contributed by atoms with van der Waals surface area (Å²) in [5.74, 6) is 1.14. The van der Waals surface area contributed by atoms with Gasteiger partial charge in [0, 0.05) is 24.8 Å². The van der Waals surface area contributed by atoms with Gasteiger partial charge in [-0.3, -0.25) is 4.79 Å². The Bertz CT molecular complexity index is 405. The molecule has 1 fully saturated rings. The number of hydrogen-bond donors (Lipinski definition) is 0. The molecule has 1 aliphatic rings. The SMILES string of the molecule is CC1CC1CN(C)c1cc(F)cc(C=O)c1. The van der Waals surface area contributed by atoms with Gasteiger partial charge in [0.25, 0.3) is 0 Å². The molecule has 0 N–H and O–H groups in total. The molecular weight excluding hydrogens is 205 g/mol. The van der Waals surface area contributed by atoms with E-state index in [1.54, 1.807) is 6.07 Å². The van der Waals surface area contributed by atoms with Crippen LogP contribution < -0.4 is 4.90 Å². The van der Waals surface area contributed by atoms with Gasteiger partial charge < -0.3 is 4.90 Å². The Morgan fingerprint density at radius 1 is 1.50 bits per heavy atom. The molecule has 0 aliphatic heterocycles. The normalized spacial score (nSPS) is 22.9. The lowest BCUT2D eigenvalue weighted by Gasteiger charge is -2.19. The molecule has 1 aliphatic carbocycles. The van der Waals surface area contributed by atoms with E-state index in [4.69, 9.17) is 0 Å². The van der Waals surface area contributed by atoms with Crippen LogP contribution in [0, 0.1) is 17.7 Å². The summed E-state index contributed by atoms with van der Waals surface area (Å²) in [7, 11) is 1.94. The minimum Gasteiger partial charge on any atom is -0.374 e. The molecule has 2 nitrogen and oxygen atoms in total. The monoisotopic (exact) mass is 221 g/mol. The van der Waals surface area contributed by atoms with Crippen LogP contribution >= 0.6 is 0 Å². The molecule has 0 radical (unpaired) electrons. The van der Waals surface area contributed by atoms with E-state index in [2.05, 4.69) is 6.92 Å². The minimum atomic E-state index is -0.352. The fourth-order valence-corrected chi connectivity index (χ4v) is 2.00. The Kier molecular flexibility index (Phi) is 2.95. The van der Waals surface area contributed by atoms with Gasteiger partial charge in [-0.05, 0) is 36.5 Å². The van der Waals surface area contributed by atoms with E-state index in [9.17, 15) is 9.18 Å². The second-order valence-electron chi connectivity index (χ2n) is 4.71. The van der Waals surface area contributed by atoms with Crippen molar-refractivity contribution in [3.8, 4) is 0 Å². The number of carbonyl (C=O) groups is 1. The second-order valence-corrected chi connectivity index (χ2v) is 4.71. The first-order valence-corrected chi connectivity index (χ1v) is 5.57. The first-order chi connectivity index (χ1) is 7.60. The highest BCUT2D eigenvalue weighted by molar-refractivity contribution is 5.77. The second kappa shape index (κ2) is 4.24. The van der Waals surface area contributed by atoms with Crippen molar-refractivity contribution < 1.29 is 9.18 Å². The number of halogens is 1. The predicted octanol–water partition coefficient (Wildman–Crippen LogP) is 2.73. The highest BCUT2D eigenvalue weighted by atomic mass is 19.1. The van der Waals surface area contributed by atoms with Crippen LogP contribution in [0.15, 0.2) is 18.2 Å². The van der Waals surface area contributed by atoms with Gasteiger partial charge in [-0.1, -0.05) is 6.92 Å². The fourth-order valence-electron chi connectivity index (χ4n) is 2.00. The highest BCUT2D eigenvalue weighted by Gasteiger charge is 2.33. The smallest absolute Gasteiger partial charge is 0.150 e. The number of aldehydes is 1. The lowest BCUT2D eigenvalue weighted by atomic mass is 10.2. The van der Waals surface area contributed by atoms with E-state index < -0.39 is 0 Å². The van der Waals surface area contributed by atoms with Gasteiger partial charge in [-0.2, -0.15) is 0 Å². The largest absolute Gasteiger partial charge is 0.374 e. The molecule has 2 rings (SSSR count). The highest BCUT2D eigenvalue weighted by Crippen LogP contribution is 2.38. The third kappa shape index (κ3) is 2.40. The van der Waals surface area contributed by atoms with Crippen LogP contribution in [0.4, 0.5) is 10.1 Å². The van der Waals surface area contributed by atoms with Crippen molar-refractivity contribution in [2.45, 2.75) is 13.3 Å². The van der Waals surface area contributed by atoms with Gasteiger partial charge in [0.1, 0.15) is 12.1 Å². The van der Waals surface area contributed by atoms with Crippen molar-refractivity contribution in [2.75, 3.05) is 18.5 Å². The summed E-state index contributed by atoms with van der Waals surface area (Å²) in [5.41, 5.74) is 1.17. The van der Waals surface area contributed by atoms with Crippen molar-refractivity contribution in [3.63, 3.8) is 0 Å². The van der Waals surface area contributed by atoms with Crippen molar-refractivity contribution in [1.29, 1.82) is 0 Å². The van der Waals surface area contributed by atoms with Crippen LogP contribution in [-0.2, 0) is 0 Å². The quantitative estimate of drug-likeness (QED) is 0.729. The molecule has 1 aromatic carbocycles. The fraction of sp³-hybridized carbons (Fsp3) is 0.462. The van der Waals surface area contributed by atoms with Crippen LogP contribution in [0.1, 0.15) is 23.7 Å². The van der Waals surface area contributed by atoms with Crippen LogP contribution in [0.3, 0.4) is 0 Å². The molecule has 0 bridgehead atoms. The molecule has 0 aromatic heterocycles. The number of carbonyl (C=O) groups excluding carboxylic acids is 1. The van der Waals surface area contributed by atoms with E-state index >= 15 is 0 Å². The van der Waals surface area contributed by atoms with Gasteiger partial charge in [0.2, 0.25) is 0 Å². The number of benzene rings is 1. The zero-order valence-corrected chi connectivity index (χ0v) is 9.61. The molecule has 1 saturated carbocycles. The van der Waals surface area contributed by atoms with E-state index in [1.807, 2.05) is 11.9 Å². The number of nitrogens with zero attached hydrogens (tertiary/aromatic N) is 1. The Hall–Kier alpha value is -1.38. The molecule has 0 spiro atoms. The average Bonchev–Trinajstić information content (AvgIpc) is 2.93. The molecule has 86 valence electrons. The topological polar surface area (TPSA) is 20.3 Å². The minimum absolute atomic E-state index is 0.352. The molecule has 0 saturated heterocycles. The van der Waals surface area contributed by atoms with Crippen LogP contribution in [0.5, 0.6) is 0 Å². The standard InChI is InChI=1S/C13H16FNO/c1-9-3-11(9)7-15(2)13-5-10(8-16)4-12(14)6-13/h4-6,8-9,11H,3,7H2,1-2H3. The van der Waals surface area contributed by atoms with Crippen LogP contribution in [0.2, 0.25) is 0 Å². The van der Waals surface area contributed by atoms with Gasteiger partial charge in [-0.25, -0.2) is 4.39 Å². The summed E-state index contributed by atoms with van der Waals surface area (Å²) in [5, 5.41) is 0. The molecule has 3 heteroatoms. The van der Waals surface area contributed by atoms with Gasteiger partial charge >= 0.3 is 0 Å². The summed E-state index contributed by atoms with van der Waals surface area (Å²) in [6.45, 7) is 3.16. The molecule has 16 heavy (non-hydrogen) atoms. The van der Waals surface area contributed by atoms with Crippen molar-refractivity contribution in [3.05, 3.63) is 29.6 Å². The van der Waals surface area contributed by atoms with Gasteiger partial charge in [-0.15, -0.1) is 0 Å². The van der Waals surface area contributed by atoms with Crippen LogP contribution in [-0.4, -0.2) is 19.9 Å². The molecule has 2 atom stereocenters. The lowest BCUT2D eigenvalue weighted by Crippen LogP contribution is -2.20. The third-order valence-electron chi connectivity index (χ3n) is 3.27. The van der Waals surface area contributed by atoms with E-state index in [1.165, 1.54) is 18.6 Å². The summed E-state index contributed by atoms with van der Waals surface area (Å²) >= 11 is 0. The summed E-state index contributed by atoms with van der Waals surface area (Å²) < 4.78 is 13.2. The van der Waals surface area contributed by atoms with E-state index in [-0.39, 0.29) is 5.82 Å². The zero-order valence-electron chi connectivity index (χ0n) is 9.61. The van der Waals surface area contributed by atoms with E-state index in [0.29, 0.717) is 17.8 Å². The molecule has 1 aromatic rings. The van der Waals surface area contributed by atoms with Crippen molar-refractivity contribution >= 4 is 12.0 Å². The first kappa shape index (κ1) is 11.1. The molecular formula is C13H16FNO. The third-order valence-corrected chi connectivity index (χ3v) is 3.27. The Morgan fingerprint density at radius 3 is 2.75 bits per heavy atom. The molecule has 2 unspecified atom stereocenters. The molecule has 0 heterocycles. The number of anilines is 1. The summed E-state index contributed by atoms with van der Waals surface area (Å²) in [6.07, 6.45) is 1.93. The predicted molar refractivity (Wildman–Crippen MR) is 62.3 cm³/mol. The maximum Gasteiger partial charge on any atom is 0.150 e. The van der Waals surface area contributed by atoms with Crippen molar-refractivity contribution in [1.82, 2.24) is 0 Å². The van der Waals surface area contributed by atoms with Crippen molar-refractivity contribution in [2.24, 2.45) is 11.8 Å². The lowest BCUT2D eigenvalue weighted by molar-refractivity contribution is 0.112. The van der Waals surface area contributed by atoms with Crippen LogP contribution in [0.25, 0.3) is 0 Å². The Balaban J connectivity index is 2.12. The molecule has 0 amide bonds. The summed E-state index contributed by atoms with van der Waals surface area (Å²) in [6, 6.07) is 4.45. The van der Waals surface area contributed by atoms with E-state index in [0.717, 1.165) is 18.2 Å². The Labute approximate surface area is 95.1 Å². The maximum absolute atomic E-state index is 13.2. The maximum atomic E-state index is 13.2.